The highest BCUT2D eigenvalue weighted by molar-refractivity contribution is 9.11. The molecule has 0 atom stereocenters. The summed E-state index contributed by atoms with van der Waals surface area (Å²) in [6, 6.07) is 6.83. The number of aromatic hydroxyl groups is 1. The van der Waals surface area contributed by atoms with Gasteiger partial charge in [-0.05, 0) is 56.1 Å². The SMILES string of the molecule is Oc1ccc(Cl)cc1CNc1ncc(Br)cc1Br. The zero-order valence-corrected chi connectivity index (χ0v) is 13.1. The molecule has 0 bridgehead atoms. The molecule has 1 heterocycles. The van der Waals surface area contributed by atoms with Gasteiger partial charge >= 0.3 is 0 Å². The smallest absolute Gasteiger partial charge is 0.140 e. The topological polar surface area (TPSA) is 45.1 Å². The summed E-state index contributed by atoms with van der Waals surface area (Å²) in [7, 11) is 0. The first kappa shape index (κ1) is 13.6. The highest BCUT2D eigenvalue weighted by atomic mass is 79.9. The molecular formula is C12H9Br2ClN2O. The van der Waals surface area contributed by atoms with Gasteiger partial charge in [0, 0.05) is 27.8 Å². The van der Waals surface area contributed by atoms with Crippen molar-refractivity contribution in [3.63, 3.8) is 0 Å². The van der Waals surface area contributed by atoms with Gasteiger partial charge in [0.05, 0.1) is 4.47 Å². The Kier molecular flexibility index (Phi) is 4.48. The highest BCUT2D eigenvalue weighted by Crippen LogP contribution is 2.26. The lowest BCUT2D eigenvalue weighted by Crippen LogP contribution is -2.02. The normalized spacial score (nSPS) is 10.4. The third-order valence-electron chi connectivity index (χ3n) is 2.30. The molecule has 0 amide bonds. The number of benzene rings is 1. The standard InChI is InChI=1S/C12H9Br2ClN2O/c13-8-4-10(14)12(17-6-8)16-5-7-3-9(15)1-2-11(7)18/h1-4,6,18H,5H2,(H,16,17). The molecule has 0 aliphatic heterocycles. The van der Waals surface area contributed by atoms with Gasteiger partial charge in [0.25, 0.3) is 0 Å². The Morgan fingerprint density at radius 2 is 2.06 bits per heavy atom. The Balaban J connectivity index is 2.13. The van der Waals surface area contributed by atoms with E-state index in [1.165, 1.54) is 0 Å². The zero-order valence-electron chi connectivity index (χ0n) is 9.12. The third kappa shape index (κ3) is 3.37. The molecule has 6 heteroatoms. The van der Waals surface area contributed by atoms with Gasteiger partial charge in [-0.15, -0.1) is 0 Å². The molecule has 1 aromatic heterocycles. The van der Waals surface area contributed by atoms with Crippen LogP contribution in [-0.4, -0.2) is 10.1 Å². The molecule has 0 saturated carbocycles. The fourth-order valence-corrected chi connectivity index (χ4v) is 2.74. The van der Waals surface area contributed by atoms with E-state index in [1.54, 1.807) is 24.4 Å². The van der Waals surface area contributed by atoms with Crippen LogP contribution in [0.3, 0.4) is 0 Å². The van der Waals surface area contributed by atoms with Crippen LogP contribution in [0.5, 0.6) is 5.75 Å². The van der Waals surface area contributed by atoms with E-state index in [-0.39, 0.29) is 5.75 Å². The van der Waals surface area contributed by atoms with Crippen LogP contribution in [0.4, 0.5) is 5.82 Å². The van der Waals surface area contributed by atoms with E-state index in [9.17, 15) is 5.11 Å². The van der Waals surface area contributed by atoms with Gasteiger partial charge in [-0.25, -0.2) is 4.98 Å². The van der Waals surface area contributed by atoms with Crippen molar-refractivity contribution in [1.82, 2.24) is 4.98 Å². The van der Waals surface area contributed by atoms with E-state index in [1.807, 2.05) is 6.07 Å². The highest BCUT2D eigenvalue weighted by Gasteiger charge is 2.05. The minimum atomic E-state index is 0.208. The van der Waals surface area contributed by atoms with Gasteiger partial charge in [-0.1, -0.05) is 11.6 Å². The number of rotatable bonds is 3. The zero-order chi connectivity index (χ0) is 13.1. The maximum atomic E-state index is 9.69. The van der Waals surface area contributed by atoms with Crippen molar-refractivity contribution >= 4 is 49.3 Å². The maximum Gasteiger partial charge on any atom is 0.140 e. The molecule has 0 unspecified atom stereocenters. The average Bonchev–Trinajstić information content (AvgIpc) is 2.32. The summed E-state index contributed by atoms with van der Waals surface area (Å²) in [6.45, 7) is 0.444. The summed E-state index contributed by atoms with van der Waals surface area (Å²) < 4.78 is 1.74. The van der Waals surface area contributed by atoms with Crippen molar-refractivity contribution in [3.8, 4) is 5.75 Å². The molecule has 2 N–H and O–H groups in total. The Labute approximate surface area is 126 Å². The van der Waals surface area contributed by atoms with Crippen molar-refractivity contribution in [2.24, 2.45) is 0 Å². The van der Waals surface area contributed by atoms with E-state index in [4.69, 9.17) is 11.6 Å². The molecule has 0 saturated heterocycles. The molecule has 0 aliphatic rings. The number of anilines is 1. The number of pyridine rings is 1. The first-order chi connectivity index (χ1) is 8.56. The van der Waals surface area contributed by atoms with Crippen LogP contribution in [-0.2, 0) is 6.54 Å². The summed E-state index contributed by atoms with van der Waals surface area (Å²) >= 11 is 12.6. The number of phenols is 1. The maximum absolute atomic E-state index is 9.69. The van der Waals surface area contributed by atoms with Gasteiger partial charge in [0.15, 0.2) is 0 Å². The van der Waals surface area contributed by atoms with Crippen molar-refractivity contribution in [3.05, 3.63) is 50.0 Å². The summed E-state index contributed by atoms with van der Waals surface area (Å²) in [5.41, 5.74) is 0.721. The number of nitrogens with one attached hydrogen (secondary N) is 1. The number of nitrogens with zero attached hydrogens (tertiary/aromatic N) is 1. The molecule has 0 radical (unpaired) electrons. The van der Waals surface area contributed by atoms with Gasteiger partial charge in [0.1, 0.15) is 11.6 Å². The Morgan fingerprint density at radius 1 is 1.28 bits per heavy atom. The van der Waals surface area contributed by atoms with Gasteiger partial charge in [0.2, 0.25) is 0 Å². The molecule has 2 aromatic rings. The average molecular weight is 392 g/mol. The van der Waals surface area contributed by atoms with Crippen LogP contribution in [0.1, 0.15) is 5.56 Å². The van der Waals surface area contributed by atoms with Crippen molar-refractivity contribution in [2.75, 3.05) is 5.32 Å². The first-order valence-corrected chi connectivity index (χ1v) is 7.05. The van der Waals surface area contributed by atoms with Crippen LogP contribution in [0.15, 0.2) is 39.4 Å². The Hall–Kier alpha value is -0.780. The molecule has 0 spiro atoms. The second-order valence-electron chi connectivity index (χ2n) is 3.61. The van der Waals surface area contributed by atoms with E-state index >= 15 is 0 Å². The summed E-state index contributed by atoms with van der Waals surface area (Å²) in [5.74, 6) is 0.915. The molecule has 0 aliphatic carbocycles. The number of halogens is 3. The second kappa shape index (κ2) is 5.91. The van der Waals surface area contributed by atoms with Crippen molar-refractivity contribution in [1.29, 1.82) is 0 Å². The number of hydrogen-bond acceptors (Lipinski definition) is 3. The second-order valence-corrected chi connectivity index (χ2v) is 5.82. The van der Waals surface area contributed by atoms with Crippen molar-refractivity contribution < 1.29 is 5.11 Å². The molecule has 1 aromatic carbocycles. The fraction of sp³-hybridized carbons (Fsp3) is 0.0833. The van der Waals surface area contributed by atoms with Gasteiger partial charge < -0.3 is 10.4 Å². The minimum Gasteiger partial charge on any atom is -0.508 e. The molecule has 94 valence electrons. The van der Waals surface area contributed by atoms with Crippen LogP contribution in [0.25, 0.3) is 0 Å². The molecule has 2 rings (SSSR count). The number of phenolic OH excluding ortho intramolecular Hbond substituents is 1. The summed E-state index contributed by atoms with van der Waals surface area (Å²) in [6.07, 6.45) is 1.70. The lowest BCUT2D eigenvalue weighted by molar-refractivity contribution is 0.469. The Bertz CT molecular complexity index is 578. The van der Waals surface area contributed by atoms with E-state index in [0.29, 0.717) is 17.4 Å². The van der Waals surface area contributed by atoms with Gasteiger partial charge in [-0.2, -0.15) is 0 Å². The van der Waals surface area contributed by atoms with Crippen LogP contribution in [0, 0.1) is 0 Å². The number of hydrogen-bond donors (Lipinski definition) is 2. The lowest BCUT2D eigenvalue weighted by atomic mass is 10.2. The van der Waals surface area contributed by atoms with E-state index in [2.05, 4.69) is 42.2 Å². The van der Waals surface area contributed by atoms with E-state index in [0.717, 1.165) is 14.5 Å². The monoisotopic (exact) mass is 390 g/mol. The first-order valence-electron chi connectivity index (χ1n) is 5.08. The third-order valence-corrected chi connectivity index (χ3v) is 3.57. The Morgan fingerprint density at radius 3 is 2.78 bits per heavy atom. The summed E-state index contributed by atoms with van der Waals surface area (Å²) in [5, 5.41) is 13.4. The lowest BCUT2D eigenvalue weighted by Gasteiger charge is -2.09. The quantitative estimate of drug-likeness (QED) is 0.804. The molecule has 3 nitrogen and oxygen atoms in total. The van der Waals surface area contributed by atoms with Gasteiger partial charge in [-0.3, -0.25) is 0 Å². The van der Waals surface area contributed by atoms with Crippen LogP contribution < -0.4 is 5.32 Å². The van der Waals surface area contributed by atoms with Crippen LogP contribution in [0.2, 0.25) is 5.02 Å². The minimum absolute atomic E-state index is 0.208. The molecule has 0 fully saturated rings. The van der Waals surface area contributed by atoms with E-state index < -0.39 is 0 Å². The fourth-order valence-electron chi connectivity index (χ4n) is 1.42. The largest absolute Gasteiger partial charge is 0.508 e. The summed E-state index contributed by atoms with van der Waals surface area (Å²) in [4.78, 5) is 4.23. The number of aromatic nitrogens is 1. The predicted octanol–water partition coefficient (Wildman–Crippen LogP) is 4.58. The molecule has 18 heavy (non-hydrogen) atoms. The van der Waals surface area contributed by atoms with Crippen molar-refractivity contribution in [2.45, 2.75) is 6.54 Å². The predicted molar refractivity (Wildman–Crippen MR) is 80.1 cm³/mol. The van der Waals surface area contributed by atoms with Crippen LogP contribution >= 0.6 is 43.5 Å². The molecular weight excluding hydrogens is 383 g/mol.